The number of rotatable bonds is 6. The van der Waals surface area contributed by atoms with Gasteiger partial charge in [-0.25, -0.2) is 4.39 Å². The molecule has 2 heterocycles. The molecule has 0 amide bonds. The van der Waals surface area contributed by atoms with E-state index in [1.54, 1.807) is 32.2 Å². The number of ether oxygens (including phenoxy) is 1. The second-order valence-corrected chi connectivity index (χ2v) is 9.87. The number of anilines is 1. The molecule has 1 aliphatic heterocycles. The number of nitrogens with zero attached hydrogens (tertiary/aromatic N) is 1. The fourth-order valence-electron chi connectivity index (χ4n) is 4.82. The van der Waals surface area contributed by atoms with Crippen LogP contribution in [0.15, 0.2) is 42.6 Å². The number of benzene rings is 2. The Hall–Kier alpha value is -2.83. The molecule has 4 rings (SSSR count). The van der Waals surface area contributed by atoms with Gasteiger partial charge in [0.05, 0.1) is 12.0 Å². The van der Waals surface area contributed by atoms with Crippen LogP contribution in [0.5, 0.6) is 5.75 Å². The predicted molar refractivity (Wildman–Crippen MR) is 122 cm³/mol. The first kappa shape index (κ1) is 23.3. The third-order valence-corrected chi connectivity index (χ3v) is 6.56. The van der Waals surface area contributed by atoms with Gasteiger partial charge >= 0.3 is 6.18 Å². The van der Waals surface area contributed by atoms with Gasteiger partial charge in [0.25, 0.3) is 0 Å². The quantitative estimate of drug-likeness (QED) is 0.404. The molecular weight excluding hydrogens is 432 g/mol. The average molecular weight is 461 g/mol. The number of hydrogen-bond acceptors (Lipinski definition) is 3. The highest BCUT2D eigenvalue weighted by molar-refractivity contribution is 5.93. The van der Waals surface area contributed by atoms with E-state index >= 15 is 0 Å². The summed E-state index contributed by atoms with van der Waals surface area (Å²) in [6.45, 7) is 6.60. The normalized spacial score (nSPS) is 15.8. The minimum atomic E-state index is -4.48. The van der Waals surface area contributed by atoms with E-state index in [9.17, 15) is 17.6 Å². The Morgan fingerprint density at radius 2 is 1.85 bits per heavy atom. The lowest BCUT2D eigenvalue weighted by atomic mass is 9.69. The largest absolute Gasteiger partial charge is 0.493 e. The summed E-state index contributed by atoms with van der Waals surface area (Å²) in [5.74, 6) is 0.0739. The van der Waals surface area contributed by atoms with Crippen LogP contribution >= 0.6 is 0 Å². The number of nitrogens with one attached hydrogen (secondary N) is 1. The lowest BCUT2D eigenvalue weighted by Gasteiger charge is -2.40. The summed E-state index contributed by atoms with van der Waals surface area (Å²) in [5.41, 5.74) is -0.431. The van der Waals surface area contributed by atoms with Gasteiger partial charge in [-0.1, -0.05) is 26.0 Å². The van der Waals surface area contributed by atoms with Crippen LogP contribution in [0, 0.1) is 18.2 Å². The van der Waals surface area contributed by atoms with Crippen molar-refractivity contribution in [3.05, 3.63) is 65.2 Å². The van der Waals surface area contributed by atoms with Crippen molar-refractivity contribution >= 4 is 16.5 Å². The van der Waals surface area contributed by atoms with Crippen molar-refractivity contribution in [2.24, 2.45) is 5.41 Å². The summed E-state index contributed by atoms with van der Waals surface area (Å²) in [5, 5.41) is 4.72. The molecule has 1 atom stereocenters. The number of alkyl halides is 3. The van der Waals surface area contributed by atoms with E-state index in [0.29, 0.717) is 35.6 Å². The van der Waals surface area contributed by atoms with E-state index in [4.69, 9.17) is 4.74 Å². The molecule has 1 N–H and O–H groups in total. The van der Waals surface area contributed by atoms with Gasteiger partial charge in [0.1, 0.15) is 11.6 Å². The molecule has 0 fully saturated rings. The van der Waals surface area contributed by atoms with E-state index in [1.165, 1.54) is 19.1 Å². The highest BCUT2D eigenvalue weighted by atomic mass is 19.4. The number of fused-ring (bicyclic) bond motifs is 2. The number of halogens is 4. The van der Waals surface area contributed by atoms with Gasteiger partial charge in [-0.3, -0.25) is 4.98 Å². The van der Waals surface area contributed by atoms with Crippen molar-refractivity contribution in [1.29, 1.82) is 0 Å². The zero-order chi connectivity index (χ0) is 24.0. The van der Waals surface area contributed by atoms with Crippen molar-refractivity contribution in [3.8, 4) is 5.75 Å². The smallest absolute Gasteiger partial charge is 0.395 e. The van der Waals surface area contributed by atoms with Crippen LogP contribution in [0.25, 0.3) is 10.8 Å². The summed E-state index contributed by atoms with van der Waals surface area (Å²) in [4.78, 5) is 4.26. The number of pyridine rings is 1. The molecule has 0 spiro atoms. The van der Waals surface area contributed by atoms with Gasteiger partial charge in [0, 0.05) is 52.4 Å². The second-order valence-electron chi connectivity index (χ2n) is 9.87. The van der Waals surface area contributed by atoms with Gasteiger partial charge < -0.3 is 10.1 Å². The number of hydrogen-bond donors (Lipinski definition) is 1. The van der Waals surface area contributed by atoms with Gasteiger partial charge in [0.15, 0.2) is 0 Å². The van der Waals surface area contributed by atoms with E-state index in [1.807, 2.05) is 19.1 Å². The predicted octanol–water partition coefficient (Wildman–Crippen LogP) is 6.97. The standard InChI is InChI=1S/C26H28F4N2O/c1-16-10-20-18(13-31-16)6-5-7-22(20)32-15-25(4,26(28,29)30)14-24(2,3)21-12-19(27)11-17-8-9-33-23(17)21/h5-7,10-13,32H,8-9,14-15H2,1-4H3/t25-/m0/s1. The maximum Gasteiger partial charge on any atom is 0.395 e. The fraction of sp³-hybridized carbons (Fsp3) is 0.423. The van der Waals surface area contributed by atoms with Crippen molar-refractivity contribution in [1.82, 2.24) is 4.98 Å². The molecule has 3 aromatic rings. The first-order valence-corrected chi connectivity index (χ1v) is 11.0. The van der Waals surface area contributed by atoms with Crippen molar-refractivity contribution in [2.75, 3.05) is 18.5 Å². The van der Waals surface area contributed by atoms with E-state index in [0.717, 1.165) is 16.5 Å². The van der Waals surface area contributed by atoms with Crippen LogP contribution in [-0.4, -0.2) is 24.3 Å². The van der Waals surface area contributed by atoms with Gasteiger partial charge in [0.2, 0.25) is 0 Å². The monoisotopic (exact) mass is 460 g/mol. The molecule has 176 valence electrons. The topological polar surface area (TPSA) is 34.1 Å². The SMILES string of the molecule is Cc1cc2c(NC[C@](C)(CC(C)(C)c3cc(F)cc4c3OCC4)C(F)(F)F)cccc2cn1. The van der Waals surface area contributed by atoms with Crippen molar-refractivity contribution in [3.63, 3.8) is 0 Å². The average Bonchev–Trinajstić information content (AvgIpc) is 3.18. The second kappa shape index (κ2) is 8.19. The minimum Gasteiger partial charge on any atom is -0.493 e. The maximum absolute atomic E-state index is 14.4. The molecule has 0 aliphatic carbocycles. The van der Waals surface area contributed by atoms with Crippen LogP contribution in [0.4, 0.5) is 23.2 Å². The third kappa shape index (κ3) is 4.50. The molecule has 3 nitrogen and oxygen atoms in total. The third-order valence-electron chi connectivity index (χ3n) is 6.56. The Kier molecular flexibility index (Phi) is 5.79. The van der Waals surface area contributed by atoms with Gasteiger partial charge in [-0.2, -0.15) is 13.2 Å². The summed E-state index contributed by atoms with van der Waals surface area (Å²) in [6, 6.07) is 10.0. The van der Waals surface area contributed by atoms with Crippen LogP contribution in [0.2, 0.25) is 0 Å². The molecule has 2 aromatic carbocycles. The molecule has 0 saturated heterocycles. The number of aromatic nitrogens is 1. The summed E-state index contributed by atoms with van der Waals surface area (Å²) < 4.78 is 63.3. The Labute approximate surface area is 191 Å². The maximum atomic E-state index is 14.4. The van der Waals surface area contributed by atoms with Crippen molar-refractivity contribution < 1.29 is 22.3 Å². The Morgan fingerprint density at radius 1 is 1.09 bits per heavy atom. The van der Waals surface area contributed by atoms with Crippen LogP contribution in [-0.2, 0) is 11.8 Å². The Bertz CT molecular complexity index is 1190. The molecule has 0 radical (unpaired) electrons. The lowest BCUT2D eigenvalue weighted by molar-refractivity contribution is -0.219. The highest BCUT2D eigenvalue weighted by Crippen LogP contribution is 2.50. The summed E-state index contributed by atoms with van der Waals surface area (Å²) in [7, 11) is 0. The Morgan fingerprint density at radius 3 is 2.58 bits per heavy atom. The van der Waals surface area contributed by atoms with Gasteiger partial charge in [-0.15, -0.1) is 0 Å². The molecule has 7 heteroatoms. The van der Waals surface area contributed by atoms with Crippen LogP contribution in [0.3, 0.4) is 0 Å². The zero-order valence-corrected chi connectivity index (χ0v) is 19.2. The molecule has 1 aliphatic rings. The van der Waals surface area contributed by atoms with E-state index in [2.05, 4.69) is 10.3 Å². The zero-order valence-electron chi connectivity index (χ0n) is 19.2. The highest BCUT2D eigenvalue weighted by Gasteiger charge is 2.53. The number of aryl methyl sites for hydroxylation is 1. The van der Waals surface area contributed by atoms with Crippen LogP contribution in [0.1, 0.15) is 44.0 Å². The molecule has 33 heavy (non-hydrogen) atoms. The lowest BCUT2D eigenvalue weighted by Crippen LogP contribution is -2.45. The molecule has 1 aromatic heterocycles. The first-order chi connectivity index (χ1) is 15.4. The van der Waals surface area contributed by atoms with Crippen LogP contribution < -0.4 is 10.1 Å². The molecule has 0 bridgehead atoms. The van der Waals surface area contributed by atoms with Gasteiger partial charge in [-0.05, 0) is 49.9 Å². The van der Waals surface area contributed by atoms with Crippen molar-refractivity contribution in [2.45, 2.75) is 52.1 Å². The summed E-state index contributed by atoms with van der Waals surface area (Å²) >= 11 is 0. The summed E-state index contributed by atoms with van der Waals surface area (Å²) in [6.07, 6.45) is -2.44. The molecule has 0 unspecified atom stereocenters. The van der Waals surface area contributed by atoms with E-state index in [-0.39, 0.29) is 13.0 Å². The fourth-order valence-corrected chi connectivity index (χ4v) is 4.82. The first-order valence-electron chi connectivity index (χ1n) is 11.0. The minimum absolute atomic E-state index is 0.235. The molecule has 0 saturated carbocycles. The Balaban J connectivity index is 1.66. The van der Waals surface area contributed by atoms with E-state index < -0.39 is 22.8 Å². The molecular formula is C26H28F4N2O.